The van der Waals surface area contributed by atoms with Gasteiger partial charge >= 0.3 is 0 Å². The highest BCUT2D eigenvalue weighted by Crippen LogP contribution is 2.44. The van der Waals surface area contributed by atoms with Gasteiger partial charge in [0.1, 0.15) is 5.72 Å². The van der Waals surface area contributed by atoms with Crippen LogP contribution in [0.3, 0.4) is 0 Å². The third-order valence-electron chi connectivity index (χ3n) is 4.60. The normalized spacial score (nSPS) is 33.1. The van der Waals surface area contributed by atoms with E-state index in [1.54, 1.807) is 0 Å². The number of hydrogen-bond acceptors (Lipinski definition) is 3. The number of rotatable bonds is 4. The number of carbonyl (C=O) groups is 1. The van der Waals surface area contributed by atoms with Gasteiger partial charge in [0.05, 0.1) is 0 Å². The SMILES string of the molecule is CCCCCC1(C)NC(=O)C2(CC(C)(C)NC(C)(C)C2)O1. The fraction of sp³-hybridized carbons (Fsp3) is 0.941. The number of piperidine rings is 1. The fourth-order valence-corrected chi connectivity index (χ4v) is 4.41. The third-order valence-corrected chi connectivity index (χ3v) is 4.60. The van der Waals surface area contributed by atoms with E-state index in [-0.39, 0.29) is 17.0 Å². The number of ether oxygens (including phenoxy) is 1. The highest BCUT2D eigenvalue weighted by molar-refractivity contribution is 5.88. The van der Waals surface area contributed by atoms with Crippen LogP contribution in [0.4, 0.5) is 0 Å². The van der Waals surface area contributed by atoms with Gasteiger partial charge in [0, 0.05) is 23.9 Å². The Bertz CT molecular complexity index is 401. The van der Waals surface area contributed by atoms with Crippen LogP contribution in [0.5, 0.6) is 0 Å². The molecule has 4 nitrogen and oxygen atoms in total. The molecule has 2 rings (SSSR count). The van der Waals surface area contributed by atoms with Crippen LogP contribution in [0, 0.1) is 0 Å². The molecule has 0 aromatic heterocycles. The van der Waals surface area contributed by atoms with Gasteiger partial charge in [-0.05, 0) is 47.5 Å². The zero-order chi connectivity index (χ0) is 15.9. The standard InChI is InChI=1S/C17H32N2O2/c1-7-8-9-10-16(6)18-13(20)17(21-16)11-14(2,3)19-15(4,5)12-17/h19H,7-12H2,1-6H3,(H,18,20). The summed E-state index contributed by atoms with van der Waals surface area (Å²) in [7, 11) is 0. The fourth-order valence-electron chi connectivity index (χ4n) is 4.41. The lowest BCUT2D eigenvalue weighted by Crippen LogP contribution is -2.65. The minimum Gasteiger partial charge on any atom is -0.340 e. The molecule has 1 unspecified atom stereocenters. The summed E-state index contributed by atoms with van der Waals surface area (Å²) in [5.41, 5.74) is -1.39. The molecule has 2 saturated heterocycles. The van der Waals surface area contributed by atoms with E-state index in [1.165, 1.54) is 12.8 Å². The Morgan fingerprint density at radius 1 is 1.05 bits per heavy atom. The van der Waals surface area contributed by atoms with Gasteiger partial charge in [-0.2, -0.15) is 0 Å². The Morgan fingerprint density at radius 2 is 1.62 bits per heavy atom. The largest absolute Gasteiger partial charge is 0.340 e. The number of amides is 1. The lowest BCUT2D eigenvalue weighted by Gasteiger charge is -2.50. The zero-order valence-corrected chi connectivity index (χ0v) is 14.6. The van der Waals surface area contributed by atoms with Crippen LogP contribution in [0.1, 0.15) is 80.1 Å². The topological polar surface area (TPSA) is 50.4 Å². The van der Waals surface area contributed by atoms with Crippen molar-refractivity contribution in [3.05, 3.63) is 0 Å². The molecule has 2 fully saturated rings. The van der Waals surface area contributed by atoms with Crippen molar-refractivity contribution < 1.29 is 9.53 Å². The number of unbranched alkanes of at least 4 members (excludes halogenated alkanes) is 2. The smallest absolute Gasteiger partial charge is 0.254 e. The summed E-state index contributed by atoms with van der Waals surface area (Å²) in [6, 6.07) is 0. The average molecular weight is 296 g/mol. The molecule has 1 amide bonds. The summed E-state index contributed by atoms with van der Waals surface area (Å²) >= 11 is 0. The first-order valence-corrected chi connectivity index (χ1v) is 8.34. The quantitative estimate of drug-likeness (QED) is 0.784. The van der Waals surface area contributed by atoms with E-state index in [0.717, 1.165) is 25.7 Å². The maximum Gasteiger partial charge on any atom is 0.254 e. The Morgan fingerprint density at radius 3 is 2.14 bits per heavy atom. The summed E-state index contributed by atoms with van der Waals surface area (Å²) < 4.78 is 6.41. The summed E-state index contributed by atoms with van der Waals surface area (Å²) in [5, 5.41) is 6.76. The van der Waals surface area contributed by atoms with Crippen molar-refractivity contribution >= 4 is 5.91 Å². The highest BCUT2D eigenvalue weighted by atomic mass is 16.6. The monoisotopic (exact) mass is 296 g/mol. The molecule has 1 spiro atoms. The molecule has 2 aliphatic heterocycles. The molecule has 0 aromatic carbocycles. The number of nitrogens with one attached hydrogen (secondary N) is 2. The molecule has 2 aliphatic rings. The van der Waals surface area contributed by atoms with Gasteiger partial charge in [-0.1, -0.05) is 19.8 Å². The van der Waals surface area contributed by atoms with Crippen molar-refractivity contribution in [3.63, 3.8) is 0 Å². The van der Waals surface area contributed by atoms with Crippen molar-refractivity contribution in [2.45, 2.75) is 102 Å². The van der Waals surface area contributed by atoms with Gasteiger partial charge in [0.2, 0.25) is 0 Å². The Hall–Kier alpha value is -0.610. The summed E-state index contributed by atoms with van der Waals surface area (Å²) in [6.07, 6.45) is 5.79. The van der Waals surface area contributed by atoms with Crippen molar-refractivity contribution in [3.8, 4) is 0 Å². The molecular formula is C17H32N2O2. The molecule has 0 bridgehead atoms. The van der Waals surface area contributed by atoms with E-state index < -0.39 is 11.3 Å². The van der Waals surface area contributed by atoms with Crippen LogP contribution in [0.2, 0.25) is 0 Å². The second-order valence-electron chi connectivity index (χ2n) is 8.48. The van der Waals surface area contributed by atoms with Crippen molar-refractivity contribution in [1.82, 2.24) is 10.6 Å². The van der Waals surface area contributed by atoms with Gasteiger partial charge in [-0.25, -0.2) is 0 Å². The first-order chi connectivity index (χ1) is 9.52. The molecule has 0 radical (unpaired) electrons. The van der Waals surface area contributed by atoms with E-state index in [1.807, 2.05) is 6.92 Å². The van der Waals surface area contributed by atoms with Crippen LogP contribution in [-0.4, -0.2) is 28.3 Å². The second kappa shape index (κ2) is 5.24. The summed E-state index contributed by atoms with van der Waals surface area (Å²) in [6.45, 7) is 12.8. The number of hydrogen-bond donors (Lipinski definition) is 2. The van der Waals surface area contributed by atoms with Crippen molar-refractivity contribution in [1.29, 1.82) is 0 Å². The third kappa shape index (κ3) is 3.59. The predicted octanol–water partition coefficient (Wildman–Crippen LogP) is 3.11. The molecule has 2 N–H and O–H groups in total. The molecule has 2 heterocycles. The number of carbonyl (C=O) groups excluding carboxylic acids is 1. The van der Waals surface area contributed by atoms with E-state index in [0.29, 0.717) is 0 Å². The van der Waals surface area contributed by atoms with Gasteiger partial charge in [-0.3, -0.25) is 4.79 Å². The first-order valence-electron chi connectivity index (χ1n) is 8.34. The summed E-state index contributed by atoms with van der Waals surface area (Å²) in [4.78, 5) is 12.7. The van der Waals surface area contributed by atoms with Gasteiger partial charge in [0.15, 0.2) is 5.60 Å². The second-order valence-corrected chi connectivity index (χ2v) is 8.48. The molecular weight excluding hydrogens is 264 g/mol. The molecule has 1 atom stereocenters. The Balaban J connectivity index is 2.17. The molecule has 0 aromatic rings. The maximum absolute atomic E-state index is 12.7. The minimum absolute atomic E-state index is 0.0733. The highest BCUT2D eigenvalue weighted by Gasteiger charge is 2.59. The van der Waals surface area contributed by atoms with Crippen LogP contribution in [0.25, 0.3) is 0 Å². The predicted molar refractivity (Wildman–Crippen MR) is 85.0 cm³/mol. The Labute approximate surface area is 129 Å². The molecule has 4 heteroatoms. The average Bonchev–Trinajstić information content (AvgIpc) is 2.45. The van der Waals surface area contributed by atoms with Crippen LogP contribution < -0.4 is 10.6 Å². The van der Waals surface area contributed by atoms with Gasteiger partial charge < -0.3 is 15.4 Å². The maximum atomic E-state index is 12.7. The van der Waals surface area contributed by atoms with E-state index >= 15 is 0 Å². The van der Waals surface area contributed by atoms with Crippen molar-refractivity contribution in [2.75, 3.05) is 0 Å². The van der Waals surface area contributed by atoms with Crippen LogP contribution in [0.15, 0.2) is 0 Å². The lowest BCUT2D eigenvalue weighted by molar-refractivity contribution is -0.159. The summed E-state index contributed by atoms with van der Waals surface area (Å²) in [5.74, 6) is 0.0733. The van der Waals surface area contributed by atoms with Crippen LogP contribution >= 0.6 is 0 Å². The molecule has 122 valence electrons. The molecule has 21 heavy (non-hydrogen) atoms. The Kier molecular flexibility index (Phi) is 4.18. The van der Waals surface area contributed by atoms with Gasteiger partial charge in [-0.15, -0.1) is 0 Å². The van der Waals surface area contributed by atoms with Crippen molar-refractivity contribution in [2.24, 2.45) is 0 Å². The van der Waals surface area contributed by atoms with E-state index in [9.17, 15) is 4.79 Å². The van der Waals surface area contributed by atoms with Crippen LogP contribution in [-0.2, 0) is 9.53 Å². The molecule has 0 saturated carbocycles. The van der Waals surface area contributed by atoms with Gasteiger partial charge in [0.25, 0.3) is 5.91 Å². The van der Waals surface area contributed by atoms with E-state index in [4.69, 9.17) is 4.74 Å². The van der Waals surface area contributed by atoms with E-state index in [2.05, 4.69) is 45.3 Å². The zero-order valence-electron chi connectivity index (χ0n) is 14.6. The lowest BCUT2D eigenvalue weighted by atomic mass is 9.72. The molecule has 0 aliphatic carbocycles. The minimum atomic E-state index is -0.681. The first kappa shape index (κ1) is 16.8.